The summed E-state index contributed by atoms with van der Waals surface area (Å²) in [5.41, 5.74) is 27.2. The molecular formula is C68H52BN3. The summed E-state index contributed by atoms with van der Waals surface area (Å²) in [6, 6.07) is 69.4. The van der Waals surface area contributed by atoms with E-state index in [0.29, 0.717) is 0 Å². The highest BCUT2D eigenvalue weighted by Crippen LogP contribution is 2.55. The van der Waals surface area contributed by atoms with Crippen molar-refractivity contribution >= 4 is 94.5 Å². The van der Waals surface area contributed by atoms with Crippen LogP contribution in [0.15, 0.2) is 182 Å². The predicted octanol–water partition coefficient (Wildman–Crippen LogP) is 16.0. The van der Waals surface area contributed by atoms with Crippen molar-refractivity contribution in [1.82, 2.24) is 9.13 Å². The number of hydrogen-bond donors (Lipinski definition) is 0. The molecule has 2 aliphatic carbocycles. The van der Waals surface area contributed by atoms with Gasteiger partial charge in [0.1, 0.15) is 0 Å². The molecule has 0 spiro atoms. The lowest BCUT2D eigenvalue weighted by atomic mass is 9.33. The number of aromatic nitrogens is 2. The summed E-state index contributed by atoms with van der Waals surface area (Å²) in [4.78, 5) is 2.53. The standard InChI is InChI=1S/C68H52BN3/c1-38(2)40-28-30-55-52(33-40)69-53-37-49-46-22-13-14-25-51(46)68(6,7)64(49)62-50-34-41(67(3,4)5)29-32-54(50)72(66(53)62)59-36-43(35-58(65(59)69)70(55)42-18-9-8-10-19-42)71-56-26-16-24-48-45-21-12-11-20-44(45)47-23-15-17-39-27-31-57(71)63(60(39)47)61(48)56/h8-38H,1-7H3/i38D. The highest BCUT2D eigenvalue weighted by Gasteiger charge is 2.47. The summed E-state index contributed by atoms with van der Waals surface area (Å²) >= 11 is 0. The van der Waals surface area contributed by atoms with Gasteiger partial charge in [0.05, 0.1) is 22.2 Å². The molecule has 0 fully saturated rings. The van der Waals surface area contributed by atoms with E-state index in [4.69, 9.17) is 0 Å². The molecule has 2 aromatic heterocycles. The van der Waals surface area contributed by atoms with Crippen LogP contribution in [0, 0.1) is 0 Å². The van der Waals surface area contributed by atoms with Gasteiger partial charge in [-0.25, -0.2) is 0 Å². The van der Waals surface area contributed by atoms with E-state index in [1.807, 2.05) is 13.8 Å². The Morgan fingerprint density at radius 3 is 1.96 bits per heavy atom. The molecule has 0 radical (unpaired) electrons. The van der Waals surface area contributed by atoms with Gasteiger partial charge in [-0.3, -0.25) is 0 Å². The van der Waals surface area contributed by atoms with Crippen molar-refractivity contribution in [2.45, 2.75) is 65.2 Å². The van der Waals surface area contributed by atoms with E-state index in [9.17, 15) is 1.37 Å². The van der Waals surface area contributed by atoms with Crippen molar-refractivity contribution in [3.05, 3.63) is 204 Å². The molecule has 0 bridgehead atoms. The molecule has 0 unspecified atom stereocenters. The summed E-state index contributed by atoms with van der Waals surface area (Å²) in [6.45, 7) is 15.8. The third-order valence-corrected chi connectivity index (χ3v) is 17.4. The highest BCUT2D eigenvalue weighted by atomic mass is 15.2. The monoisotopic (exact) mass is 922 g/mol. The van der Waals surface area contributed by atoms with Gasteiger partial charge < -0.3 is 14.0 Å². The minimum Gasteiger partial charge on any atom is -0.311 e. The Kier molecular flexibility index (Phi) is 7.52. The first-order chi connectivity index (χ1) is 35.3. The second kappa shape index (κ2) is 13.7. The van der Waals surface area contributed by atoms with E-state index in [0.717, 1.165) is 22.6 Å². The second-order valence-electron chi connectivity index (χ2n) is 22.8. The van der Waals surface area contributed by atoms with Crippen LogP contribution in [-0.2, 0) is 10.8 Å². The van der Waals surface area contributed by atoms with Gasteiger partial charge in [0.2, 0.25) is 0 Å². The molecule has 10 aromatic carbocycles. The summed E-state index contributed by atoms with van der Waals surface area (Å²) in [5, 5.41) is 7.84. The normalized spacial score (nSPS) is 14.8. The van der Waals surface area contributed by atoms with Gasteiger partial charge in [0, 0.05) is 56.6 Å². The van der Waals surface area contributed by atoms with E-state index >= 15 is 0 Å². The summed E-state index contributed by atoms with van der Waals surface area (Å²) in [6.07, 6.45) is 0. The molecule has 16 rings (SSSR count). The number of fused-ring (bicyclic) bond motifs is 14. The van der Waals surface area contributed by atoms with Gasteiger partial charge in [-0.1, -0.05) is 176 Å². The number of benzene rings is 10. The number of para-hydroxylation sites is 1. The zero-order valence-electron chi connectivity index (χ0n) is 42.7. The van der Waals surface area contributed by atoms with Crippen LogP contribution in [0.2, 0.25) is 0 Å². The highest BCUT2D eigenvalue weighted by molar-refractivity contribution is 7.00. The van der Waals surface area contributed by atoms with Crippen LogP contribution in [0.25, 0.3) is 99.1 Å². The lowest BCUT2D eigenvalue weighted by Crippen LogP contribution is -2.60. The number of nitrogens with zero attached hydrogens (tertiary/aromatic N) is 3. The van der Waals surface area contributed by atoms with Crippen molar-refractivity contribution in [2.24, 2.45) is 0 Å². The maximum Gasteiger partial charge on any atom is 0.252 e. The summed E-state index contributed by atoms with van der Waals surface area (Å²) < 4.78 is 14.7. The average molecular weight is 923 g/mol. The minimum atomic E-state index is -0.800. The first-order valence-corrected chi connectivity index (χ1v) is 25.8. The van der Waals surface area contributed by atoms with Gasteiger partial charge in [0.15, 0.2) is 0 Å². The molecule has 0 amide bonds. The van der Waals surface area contributed by atoms with Crippen LogP contribution < -0.4 is 21.3 Å². The maximum atomic E-state index is 9.47. The molecule has 4 heteroatoms. The Morgan fingerprint density at radius 1 is 0.500 bits per heavy atom. The fourth-order valence-corrected chi connectivity index (χ4v) is 14.2. The molecule has 0 saturated carbocycles. The number of hydrogen-bond acceptors (Lipinski definition) is 1. The molecule has 4 heterocycles. The third-order valence-electron chi connectivity index (χ3n) is 17.4. The van der Waals surface area contributed by atoms with Crippen LogP contribution in [0.5, 0.6) is 0 Å². The van der Waals surface area contributed by atoms with Crippen LogP contribution in [0.3, 0.4) is 0 Å². The van der Waals surface area contributed by atoms with Crippen LogP contribution >= 0.6 is 0 Å². The Labute approximate surface area is 422 Å². The Hall–Kier alpha value is -8.08. The fraction of sp³-hybridized carbons (Fsp3) is 0.147. The lowest BCUT2D eigenvalue weighted by molar-refractivity contribution is 0.591. The first kappa shape index (κ1) is 39.6. The first-order valence-electron chi connectivity index (χ1n) is 26.3. The minimum absolute atomic E-state index is 0.0527. The van der Waals surface area contributed by atoms with Crippen LogP contribution in [0.1, 0.15) is 78.0 Å². The van der Waals surface area contributed by atoms with Gasteiger partial charge in [-0.2, -0.15) is 0 Å². The Morgan fingerprint density at radius 2 is 1.18 bits per heavy atom. The van der Waals surface area contributed by atoms with Gasteiger partial charge in [0.25, 0.3) is 6.71 Å². The van der Waals surface area contributed by atoms with E-state index in [-0.39, 0.29) is 17.5 Å². The fourth-order valence-electron chi connectivity index (χ4n) is 14.2. The number of rotatable bonds is 3. The zero-order chi connectivity index (χ0) is 49.2. The van der Waals surface area contributed by atoms with Crippen LogP contribution in [0.4, 0.5) is 17.1 Å². The quantitative estimate of drug-likeness (QED) is 0.161. The van der Waals surface area contributed by atoms with Gasteiger partial charge >= 0.3 is 0 Å². The van der Waals surface area contributed by atoms with Gasteiger partial charge in [-0.05, 0) is 149 Å². The van der Waals surface area contributed by atoms with Crippen molar-refractivity contribution in [2.75, 3.05) is 4.90 Å². The Balaban J connectivity index is 1.12. The molecule has 0 atom stereocenters. The molecule has 0 saturated heterocycles. The molecule has 12 aromatic rings. The maximum absolute atomic E-state index is 9.47. The molecule has 2 aliphatic heterocycles. The topological polar surface area (TPSA) is 13.1 Å². The van der Waals surface area contributed by atoms with Gasteiger partial charge in [-0.15, -0.1) is 0 Å². The van der Waals surface area contributed by atoms with E-state index in [2.05, 4.69) is 231 Å². The average Bonchev–Trinajstić information content (AvgIpc) is 4.04. The van der Waals surface area contributed by atoms with Crippen molar-refractivity contribution in [3.8, 4) is 44.8 Å². The Bertz CT molecular complexity index is 4500. The third kappa shape index (κ3) is 4.98. The van der Waals surface area contributed by atoms with E-state index < -0.39 is 5.89 Å². The van der Waals surface area contributed by atoms with Crippen molar-refractivity contribution in [3.63, 3.8) is 0 Å². The van der Waals surface area contributed by atoms with E-state index in [1.165, 1.54) is 132 Å². The van der Waals surface area contributed by atoms with Crippen LogP contribution in [-0.4, -0.2) is 15.8 Å². The number of anilines is 3. The SMILES string of the molecule is [2H]C(C)(C)c1ccc2c(c1)B1c3c(cc(-n4c5cccc6c5c5c7c(cccc7ccc54)-c4ccccc4-6)cc3-n3c4ccc(C(C)(C)C)cc4c4c5c(cc1c43)-c1ccccc1C5(C)C)N2c1ccccc1. The molecule has 3 nitrogen and oxygen atoms in total. The molecular weight excluding hydrogens is 870 g/mol. The molecule has 342 valence electrons. The predicted molar refractivity (Wildman–Crippen MR) is 307 cm³/mol. The molecule has 4 aliphatic rings. The largest absolute Gasteiger partial charge is 0.311 e. The molecule has 0 N–H and O–H groups in total. The van der Waals surface area contributed by atoms with Crippen molar-refractivity contribution < 1.29 is 1.37 Å². The summed E-state index contributed by atoms with van der Waals surface area (Å²) in [5.74, 6) is -0.800. The molecule has 72 heavy (non-hydrogen) atoms. The second-order valence-corrected chi connectivity index (χ2v) is 22.8. The lowest BCUT2D eigenvalue weighted by Gasteiger charge is -2.41. The van der Waals surface area contributed by atoms with Crippen molar-refractivity contribution in [1.29, 1.82) is 0 Å². The van der Waals surface area contributed by atoms with E-state index in [1.54, 1.807) is 0 Å². The summed E-state index contributed by atoms with van der Waals surface area (Å²) in [7, 11) is 0. The zero-order valence-corrected chi connectivity index (χ0v) is 41.7. The smallest absolute Gasteiger partial charge is 0.252 e.